The number of carboxylic acid groups (broad SMARTS) is 1. The van der Waals surface area contributed by atoms with Gasteiger partial charge in [0, 0.05) is 12.4 Å². The van der Waals surface area contributed by atoms with Crippen LogP contribution < -0.4 is 0 Å². The molecular weight excluding hydrogens is 284 g/mol. The van der Waals surface area contributed by atoms with Gasteiger partial charge in [-0.05, 0) is 43.9 Å². The molecule has 0 saturated carbocycles. The standard InChI is InChI=1S/C16H24N2O4/c1-15(2,3)12(11-7-9-17-10-8-11)18(13(19)20)14(21)22-16(4,5)6/h7-10,12H,1-6H3,(H,19,20). The van der Waals surface area contributed by atoms with Crippen LogP contribution in [0, 0.1) is 5.41 Å². The summed E-state index contributed by atoms with van der Waals surface area (Å²) in [5.74, 6) is 0. The van der Waals surface area contributed by atoms with Crippen LogP contribution in [-0.4, -0.2) is 32.8 Å². The highest BCUT2D eigenvalue weighted by Crippen LogP contribution is 2.38. The summed E-state index contributed by atoms with van der Waals surface area (Å²) in [6.45, 7) is 10.7. The first kappa shape index (κ1) is 17.9. The van der Waals surface area contributed by atoms with E-state index in [4.69, 9.17) is 4.74 Å². The number of pyridine rings is 1. The predicted octanol–water partition coefficient (Wildman–Crippen LogP) is 4.08. The van der Waals surface area contributed by atoms with Gasteiger partial charge in [0.15, 0.2) is 0 Å². The molecule has 0 spiro atoms. The number of amides is 2. The molecule has 0 fully saturated rings. The second-order valence-electron chi connectivity index (χ2n) is 7.18. The lowest BCUT2D eigenvalue weighted by molar-refractivity contribution is 0.00614. The molecule has 0 aromatic carbocycles. The largest absolute Gasteiger partial charge is 0.465 e. The third-order valence-corrected chi connectivity index (χ3v) is 2.90. The SMILES string of the molecule is CC(C)(C)OC(=O)N(C(=O)O)C(c1ccncc1)C(C)(C)C. The maximum absolute atomic E-state index is 12.4. The van der Waals surface area contributed by atoms with Crippen LogP contribution in [0.15, 0.2) is 24.5 Å². The van der Waals surface area contributed by atoms with Crippen LogP contribution in [0.3, 0.4) is 0 Å². The fraction of sp³-hybridized carbons (Fsp3) is 0.562. The molecule has 0 radical (unpaired) electrons. The van der Waals surface area contributed by atoms with Crippen molar-refractivity contribution >= 4 is 12.2 Å². The molecule has 1 unspecified atom stereocenters. The van der Waals surface area contributed by atoms with Gasteiger partial charge in [-0.25, -0.2) is 14.5 Å². The van der Waals surface area contributed by atoms with Gasteiger partial charge in [0.25, 0.3) is 0 Å². The van der Waals surface area contributed by atoms with Crippen LogP contribution in [-0.2, 0) is 4.74 Å². The number of imide groups is 1. The van der Waals surface area contributed by atoms with Crippen LogP contribution >= 0.6 is 0 Å². The second-order valence-corrected chi connectivity index (χ2v) is 7.18. The summed E-state index contributed by atoms with van der Waals surface area (Å²) in [6.07, 6.45) is 0.926. The van der Waals surface area contributed by atoms with Crippen molar-refractivity contribution in [3.8, 4) is 0 Å². The smallest absolute Gasteiger partial charge is 0.420 e. The molecule has 1 aromatic rings. The van der Waals surface area contributed by atoms with Crippen LogP contribution in [0.1, 0.15) is 53.1 Å². The highest BCUT2D eigenvalue weighted by atomic mass is 16.6. The van der Waals surface area contributed by atoms with Gasteiger partial charge in [0.05, 0.1) is 6.04 Å². The van der Waals surface area contributed by atoms with Crippen LogP contribution in [0.2, 0.25) is 0 Å². The summed E-state index contributed by atoms with van der Waals surface area (Å²) in [6, 6.07) is 2.73. The monoisotopic (exact) mass is 308 g/mol. The second kappa shape index (κ2) is 6.34. The zero-order valence-electron chi connectivity index (χ0n) is 14.0. The third-order valence-electron chi connectivity index (χ3n) is 2.90. The Bertz CT molecular complexity index is 529. The molecule has 1 heterocycles. The van der Waals surface area contributed by atoms with E-state index in [9.17, 15) is 14.7 Å². The maximum Gasteiger partial charge on any atom is 0.420 e. The topological polar surface area (TPSA) is 79.7 Å². The van der Waals surface area contributed by atoms with E-state index in [1.54, 1.807) is 45.3 Å². The van der Waals surface area contributed by atoms with Gasteiger partial charge in [0.1, 0.15) is 5.60 Å². The number of carbonyl (C=O) groups excluding carboxylic acids is 1. The van der Waals surface area contributed by atoms with Crippen molar-refractivity contribution in [2.45, 2.75) is 53.2 Å². The molecule has 1 atom stereocenters. The fourth-order valence-corrected chi connectivity index (χ4v) is 2.19. The molecule has 122 valence electrons. The molecule has 6 heteroatoms. The zero-order chi connectivity index (χ0) is 17.1. The Kier molecular flexibility index (Phi) is 5.17. The van der Waals surface area contributed by atoms with Crippen molar-refractivity contribution in [3.63, 3.8) is 0 Å². The van der Waals surface area contributed by atoms with Crippen LogP contribution in [0.5, 0.6) is 0 Å². The van der Waals surface area contributed by atoms with Gasteiger partial charge in [-0.3, -0.25) is 4.98 Å². The predicted molar refractivity (Wildman–Crippen MR) is 82.5 cm³/mol. The molecule has 6 nitrogen and oxygen atoms in total. The highest BCUT2D eigenvalue weighted by Gasteiger charge is 2.40. The molecule has 22 heavy (non-hydrogen) atoms. The van der Waals surface area contributed by atoms with E-state index in [-0.39, 0.29) is 0 Å². The van der Waals surface area contributed by atoms with E-state index in [0.717, 1.165) is 4.90 Å². The Morgan fingerprint density at radius 2 is 1.64 bits per heavy atom. The molecule has 2 amide bonds. The van der Waals surface area contributed by atoms with Gasteiger partial charge >= 0.3 is 12.2 Å². The quantitative estimate of drug-likeness (QED) is 0.890. The van der Waals surface area contributed by atoms with Crippen molar-refractivity contribution in [2.75, 3.05) is 0 Å². The van der Waals surface area contributed by atoms with E-state index in [1.807, 2.05) is 20.8 Å². The van der Waals surface area contributed by atoms with Gasteiger partial charge in [0.2, 0.25) is 0 Å². The third kappa shape index (κ3) is 4.72. The minimum Gasteiger partial charge on any atom is -0.465 e. The first-order chi connectivity index (χ1) is 9.93. The first-order valence-electron chi connectivity index (χ1n) is 7.08. The van der Waals surface area contributed by atoms with Gasteiger partial charge in [-0.2, -0.15) is 0 Å². The Morgan fingerprint density at radius 3 is 2.00 bits per heavy atom. The Morgan fingerprint density at radius 1 is 1.14 bits per heavy atom. The molecule has 0 aliphatic carbocycles. The Balaban J connectivity index is 3.29. The van der Waals surface area contributed by atoms with Crippen LogP contribution in [0.4, 0.5) is 9.59 Å². The molecule has 0 aliphatic rings. The molecular formula is C16H24N2O4. The number of aromatic nitrogens is 1. The minimum absolute atomic E-state index is 0.503. The number of carbonyl (C=O) groups is 2. The van der Waals surface area contributed by atoms with Crippen molar-refractivity contribution in [1.82, 2.24) is 9.88 Å². The van der Waals surface area contributed by atoms with Crippen LogP contribution in [0.25, 0.3) is 0 Å². The first-order valence-corrected chi connectivity index (χ1v) is 7.08. The lowest BCUT2D eigenvalue weighted by Crippen LogP contribution is -2.46. The molecule has 0 saturated heterocycles. The molecule has 1 N–H and O–H groups in total. The van der Waals surface area contributed by atoms with Gasteiger partial charge in [-0.1, -0.05) is 20.8 Å². The number of hydrogen-bond acceptors (Lipinski definition) is 4. The molecule has 0 aliphatic heterocycles. The maximum atomic E-state index is 12.4. The summed E-state index contributed by atoms with van der Waals surface area (Å²) in [5, 5.41) is 9.55. The summed E-state index contributed by atoms with van der Waals surface area (Å²) >= 11 is 0. The fourth-order valence-electron chi connectivity index (χ4n) is 2.19. The van der Waals surface area contributed by atoms with E-state index >= 15 is 0 Å². The summed E-state index contributed by atoms with van der Waals surface area (Å²) in [5.41, 5.74) is -0.585. The average molecular weight is 308 g/mol. The van der Waals surface area contributed by atoms with Gasteiger partial charge < -0.3 is 9.84 Å². The number of hydrogen-bond donors (Lipinski definition) is 1. The summed E-state index contributed by atoms with van der Waals surface area (Å²) in [4.78, 5) is 28.8. The zero-order valence-corrected chi connectivity index (χ0v) is 14.0. The lowest BCUT2D eigenvalue weighted by Gasteiger charge is -2.38. The van der Waals surface area contributed by atoms with E-state index < -0.39 is 29.2 Å². The highest BCUT2D eigenvalue weighted by molar-refractivity contribution is 5.87. The van der Waals surface area contributed by atoms with Crippen molar-refractivity contribution < 1.29 is 19.4 Å². The Labute approximate surface area is 131 Å². The number of rotatable bonds is 2. The lowest BCUT2D eigenvalue weighted by atomic mass is 9.82. The molecule has 1 aromatic heterocycles. The summed E-state index contributed by atoms with van der Waals surface area (Å²) in [7, 11) is 0. The summed E-state index contributed by atoms with van der Waals surface area (Å²) < 4.78 is 5.25. The molecule has 0 bridgehead atoms. The van der Waals surface area contributed by atoms with Crippen molar-refractivity contribution in [3.05, 3.63) is 30.1 Å². The average Bonchev–Trinajstić information content (AvgIpc) is 2.32. The normalized spacial score (nSPS) is 13.4. The van der Waals surface area contributed by atoms with E-state index in [2.05, 4.69) is 4.98 Å². The van der Waals surface area contributed by atoms with E-state index in [1.165, 1.54) is 0 Å². The van der Waals surface area contributed by atoms with Crippen molar-refractivity contribution in [2.24, 2.45) is 5.41 Å². The number of nitrogens with zero attached hydrogens (tertiary/aromatic N) is 2. The van der Waals surface area contributed by atoms with Crippen molar-refractivity contribution in [1.29, 1.82) is 0 Å². The van der Waals surface area contributed by atoms with E-state index in [0.29, 0.717) is 5.56 Å². The Hall–Kier alpha value is -2.11. The minimum atomic E-state index is -1.34. The van der Waals surface area contributed by atoms with Gasteiger partial charge in [-0.15, -0.1) is 0 Å². The number of ether oxygens (including phenoxy) is 1. The molecule has 1 rings (SSSR count).